The minimum absolute atomic E-state index is 0.0525. The van der Waals surface area contributed by atoms with Crippen LogP contribution in [0.5, 0.6) is 0 Å². The Morgan fingerprint density at radius 1 is 1.43 bits per heavy atom. The fourth-order valence-electron chi connectivity index (χ4n) is 2.04. The van der Waals surface area contributed by atoms with Crippen LogP contribution in [-0.2, 0) is 14.6 Å². The molecule has 1 aromatic rings. The summed E-state index contributed by atoms with van der Waals surface area (Å²) >= 11 is 0.899. The van der Waals surface area contributed by atoms with Gasteiger partial charge in [0.05, 0.1) is 16.8 Å². The van der Waals surface area contributed by atoms with Crippen molar-refractivity contribution in [1.29, 1.82) is 0 Å². The zero-order chi connectivity index (χ0) is 15.6. The molecule has 1 fully saturated rings. The van der Waals surface area contributed by atoms with Gasteiger partial charge in [0.1, 0.15) is 11.6 Å². The van der Waals surface area contributed by atoms with E-state index in [2.05, 4.69) is 5.32 Å². The van der Waals surface area contributed by atoms with Gasteiger partial charge in [0.15, 0.2) is 9.84 Å². The summed E-state index contributed by atoms with van der Waals surface area (Å²) in [4.78, 5) is 12.0. The van der Waals surface area contributed by atoms with E-state index in [0.29, 0.717) is 6.42 Å². The molecule has 0 saturated carbocycles. The Balaban J connectivity index is 1.95. The molecule has 21 heavy (non-hydrogen) atoms. The lowest BCUT2D eigenvalue weighted by Gasteiger charge is -2.16. The molecule has 0 radical (unpaired) electrons. The highest BCUT2D eigenvalue weighted by molar-refractivity contribution is 8.00. The van der Waals surface area contributed by atoms with Gasteiger partial charge in [-0.05, 0) is 31.5 Å². The first-order chi connectivity index (χ1) is 9.77. The van der Waals surface area contributed by atoms with Gasteiger partial charge < -0.3 is 5.32 Å². The van der Waals surface area contributed by atoms with Crippen LogP contribution in [-0.4, -0.2) is 37.1 Å². The predicted molar refractivity (Wildman–Crippen MR) is 76.9 cm³/mol. The van der Waals surface area contributed by atoms with Gasteiger partial charge in [-0.25, -0.2) is 17.2 Å². The van der Waals surface area contributed by atoms with E-state index < -0.39 is 32.8 Å². The Hall–Kier alpha value is -1.15. The monoisotopic (exact) mass is 335 g/mol. The number of amides is 1. The number of halogens is 2. The van der Waals surface area contributed by atoms with Crippen LogP contribution >= 0.6 is 11.8 Å². The van der Waals surface area contributed by atoms with E-state index in [4.69, 9.17) is 0 Å². The minimum atomic E-state index is -3.07. The standard InChI is InChI=1S/C13H15F2NO3S2/c1-8(20-12-6-9(14)2-3-11(12)15)13(17)16-10-4-5-21(18,19)7-10/h2-3,6,8,10H,4-5,7H2,1H3,(H,16,17)/t8-,10+/m0/s1. The topological polar surface area (TPSA) is 63.2 Å². The second-order valence-electron chi connectivity index (χ2n) is 4.94. The van der Waals surface area contributed by atoms with Crippen molar-refractivity contribution in [3.63, 3.8) is 0 Å². The number of carbonyl (C=O) groups is 1. The molecule has 1 heterocycles. The fourth-order valence-corrected chi connectivity index (χ4v) is 4.63. The van der Waals surface area contributed by atoms with Crippen molar-refractivity contribution in [3.05, 3.63) is 29.8 Å². The normalized spacial score (nSPS) is 22.0. The lowest BCUT2D eigenvalue weighted by atomic mass is 10.2. The van der Waals surface area contributed by atoms with Crippen LogP contribution in [0.3, 0.4) is 0 Å². The summed E-state index contributed by atoms with van der Waals surface area (Å²) in [6, 6.07) is 2.64. The highest BCUT2D eigenvalue weighted by Crippen LogP contribution is 2.27. The fraction of sp³-hybridized carbons (Fsp3) is 0.462. The summed E-state index contributed by atoms with van der Waals surface area (Å²) < 4.78 is 49.2. The summed E-state index contributed by atoms with van der Waals surface area (Å²) in [5.74, 6) is -1.55. The van der Waals surface area contributed by atoms with E-state index >= 15 is 0 Å². The Kier molecular flexibility index (Phi) is 4.88. The molecule has 4 nitrogen and oxygen atoms in total. The van der Waals surface area contributed by atoms with Gasteiger partial charge in [0.25, 0.3) is 0 Å². The van der Waals surface area contributed by atoms with Crippen LogP contribution in [0, 0.1) is 11.6 Å². The van der Waals surface area contributed by atoms with E-state index in [-0.39, 0.29) is 22.3 Å². The Morgan fingerprint density at radius 3 is 2.76 bits per heavy atom. The number of nitrogens with one attached hydrogen (secondary N) is 1. The van der Waals surface area contributed by atoms with Crippen molar-refractivity contribution in [2.45, 2.75) is 29.5 Å². The Bertz CT molecular complexity index is 649. The van der Waals surface area contributed by atoms with Crippen molar-refractivity contribution >= 4 is 27.5 Å². The lowest BCUT2D eigenvalue weighted by Crippen LogP contribution is -2.39. The van der Waals surface area contributed by atoms with Crippen molar-refractivity contribution < 1.29 is 22.0 Å². The summed E-state index contributed by atoms with van der Waals surface area (Å²) in [6.45, 7) is 1.56. The maximum absolute atomic E-state index is 13.5. The van der Waals surface area contributed by atoms with Crippen molar-refractivity contribution in [3.8, 4) is 0 Å². The smallest absolute Gasteiger partial charge is 0.233 e. The number of rotatable bonds is 4. The molecule has 1 saturated heterocycles. The van der Waals surface area contributed by atoms with Gasteiger partial charge >= 0.3 is 0 Å². The zero-order valence-corrected chi connectivity index (χ0v) is 12.9. The average molecular weight is 335 g/mol. The van der Waals surface area contributed by atoms with Crippen molar-refractivity contribution in [2.24, 2.45) is 0 Å². The molecule has 1 aromatic carbocycles. The summed E-state index contributed by atoms with van der Waals surface area (Å²) in [7, 11) is -3.07. The molecule has 116 valence electrons. The van der Waals surface area contributed by atoms with Crippen molar-refractivity contribution in [2.75, 3.05) is 11.5 Å². The number of hydrogen-bond donors (Lipinski definition) is 1. The van der Waals surface area contributed by atoms with E-state index in [1.807, 2.05) is 0 Å². The third-order valence-electron chi connectivity index (χ3n) is 3.15. The first-order valence-corrected chi connectivity index (χ1v) is 9.09. The van der Waals surface area contributed by atoms with Gasteiger partial charge in [0.2, 0.25) is 5.91 Å². The van der Waals surface area contributed by atoms with Crippen molar-refractivity contribution in [1.82, 2.24) is 5.32 Å². The Labute approximate surface area is 126 Å². The highest BCUT2D eigenvalue weighted by Gasteiger charge is 2.30. The summed E-state index contributed by atoms with van der Waals surface area (Å²) in [6.07, 6.45) is 0.389. The number of carbonyl (C=O) groups excluding carboxylic acids is 1. The molecule has 0 bridgehead atoms. The largest absolute Gasteiger partial charge is 0.351 e. The molecular weight excluding hydrogens is 320 g/mol. The quantitative estimate of drug-likeness (QED) is 0.852. The molecule has 2 rings (SSSR count). The molecular formula is C13H15F2NO3S2. The molecule has 1 amide bonds. The zero-order valence-electron chi connectivity index (χ0n) is 11.3. The maximum Gasteiger partial charge on any atom is 0.233 e. The third kappa shape index (κ3) is 4.41. The number of thioether (sulfide) groups is 1. The number of sulfone groups is 1. The molecule has 8 heteroatoms. The van der Waals surface area contributed by atoms with Gasteiger partial charge in [-0.15, -0.1) is 11.8 Å². The van der Waals surface area contributed by atoms with Gasteiger partial charge in [-0.2, -0.15) is 0 Å². The third-order valence-corrected chi connectivity index (χ3v) is 6.05. The van der Waals surface area contributed by atoms with Crippen LogP contribution in [0.2, 0.25) is 0 Å². The van der Waals surface area contributed by atoms with E-state index in [1.54, 1.807) is 6.92 Å². The van der Waals surface area contributed by atoms with Crippen LogP contribution in [0.4, 0.5) is 8.78 Å². The number of hydrogen-bond acceptors (Lipinski definition) is 4. The first-order valence-electron chi connectivity index (χ1n) is 6.39. The molecule has 1 N–H and O–H groups in total. The second kappa shape index (κ2) is 6.31. The van der Waals surface area contributed by atoms with E-state index in [9.17, 15) is 22.0 Å². The number of benzene rings is 1. The molecule has 0 spiro atoms. The molecule has 0 aliphatic carbocycles. The Morgan fingerprint density at radius 2 is 2.14 bits per heavy atom. The van der Waals surface area contributed by atoms with Gasteiger partial charge in [0, 0.05) is 10.9 Å². The molecule has 0 unspecified atom stereocenters. The van der Waals surface area contributed by atoms with Gasteiger partial charge in [-0.1, -0.05) is 0 Å². The molecule has 0 aromatic heterocycles. The van der Waals surface area contributed by atoms with Gasteiger partial charge in [-0.3, -0.25) is 4.79 Å². The van der Waals surface area contributed by atoms with Crippen LogP contribution in [0.15, 0.2) is 23.1 Å². The lowest BCUT2D eigenvalue weighted by molar-refractivity contribution is -0.120. The molecule has 2 atom stereocenters. The molecule has 1 aliphatic heterocycles. The average Bonchev–Trinajstić information content (AvgIpc) is 2.73. The first kappa shape index (κ1) is 16.2. The van der Waals surface area contributed by atoms with Crippen LogP contribution in [0.1, 0.15) is 13.3 Å². The maximum atomic E-state index is 13.5. The summed E-state index contributed by atoms with van der Waals surface area (Å²) in [5.41, 5.74) is 0. The van der Waals surface area contributed by atoms with Crippen LogP contribution < -0.4 is 5.32 Å². The second-order valence-corrected chi connectivity index (χ2v) is 8.55. The van der Waals surface area contributed by atoms with Crippen LogP contribution in [0.25, 0.3) is 0 Å². The predicted octanol–water partition coefficient (Wildman–Crippen LogP) is 1.75. The SMILES string of the molecule is C[C@H](Sc1cc(F)ccc1F)C(=O)N[C@@H]1CCS(=O)(=O)C1. The van der Waals surface area contributed by atoms with E-state index in [0.717, 1.165) is 30.0 Å². The van der Waals surface area contributed by atoms with E-state index in [1.165, 1.54) is 0 Å². The minimum Gasteiger partial charge on any atom is -0.351 e. The highest BCUT2D eigenvalue weighted by atomic mass is 32.2. The molecule has 1 aliphatic rings. The summed E-state index contributed by atoms with van der Waals surface area (Å²) in [5, 5.41) is 1.98.